The summed E-state index contributed by atoms with van der Waals surface area (Å²) in [5.74, 6) is 4.27. The lowest BCUT2D eigenvalue weighted by molar-refractivity contribution is 0.111. The first-order valence-electron chi connectivity index (χ1n) is 8.66. The van der Waals surface area contributed by atoms with Gasteiger partial charge in [0.25, 0.3) is 0 Å². The second-order valence-electron chi connectivity index (χ2n) is 7.12. The van der Waals surface area contributed by atoms with E-state index in [9.17, 15) is 0 Å². The third kappa shape index (κ3) is 2.92. The molecule has 1 nitrogen and oxygen atoms in total. The van der Waals surface area contributed by atoms with Gasteiger partial charge in [-0.2, -0.15) is 0 Å². The number of nitrogens with one attached hydrogen (secondary N) is 1. The van der Waals surface area contributed by atoms with Crippen molar-refractivity contribution in [2.24, 2.45) is 23.7 Å². The van der Waals surface area contributed by atoms with Gasteiger partial charge in [-0.05, 0) is 43.2 Å². The summed E-state index contributed by atoms with van der Waals surface area (Å²) in [4.78, 5) is 0. The first-order chi connectivity index (χ1) is 8.95. The van der Waals surface area contributed by atoms with Crippen LogP contribution in [0, 0.1) is 23.7 Å². The summed E-state index contributed by atoms with van der Waals surface area (Å²) in [6.45, 7) is 2.64. The van der Waals surface area contributed by atoms with Crippen LogP contribution in [-0.2, 0) is 0 Å². The van der Waals surface area contributed by atoms with Crippen LogP contribution in [-0.4, -0.2) is 13.1 Å². The molecule has 2 atom stereocenters. The van der Waals surface area contributed by atoms with Gasteiger partial charge < -0.3 is 5.32 Å². The largest absolute Gasteiger partial charge is 0.316 e. The number of hydrogen-bond donors (Lipinski definition) is 1. The molecule has 2 saturated carbocycles. The number of hydrogen-bond acceptors (Lipinski definition) is 1. The molecule has 3 aliphatic rings. The van der Waals surface area contributed by atoms with E-state index in [-0.39, 0.29) is 0 Å². The maximum absolute atomic E-state index is 3.70. The molecule has 3 fully saturated rings. The highest BCUT2D eigenvalue weighted by molar-refractivity contribution is 4.89. The van der Waals surface area contributed by atoms with E-state index >= 15 is 0 Å². The second kappa shape index (κ2) is 6.41. The van der Waals surface area contributed by atoms with Crippen LogP contribution in [0.25, 0.3) is 0 Å². The van der Waals surface area contributed by atoms with Gasteiger partial charge in [0, 0.05) is 0 Å². The summed E-state index contributed by atoms with van der Waals surface area (Å²) in [5, 5.41) is 3.70. The van der Waals surface area contributed by atoms with Gasteiger partial charge in [0.15, 0.2) is 0 Å². The van der Waals surface area contributed by atoms with Gasteiger partial charge in [0.1, 0.15) is 0 Å². The van der Waals surface area contributed by atoms with Gasteiger partial charge in [-0.3, -0.25) is 0 Å². The topological polar surface area (TPSA) is 12.0 Å². The molecule has 104 valence electrons. The van der Waals surface area contributed by atoms with E-state index in [4.69, 9.17) is 0 Å². The quantitative estimate of drug-likeness (QED) is 0.716. The highest BCUT2D eigenvalue weighted by Crippen LogP contribution is 2.43. The molecule has 0 bridgehead atoms. The first kappa shape index (κ1) is 13.0. The van der Waals surface area contributed by atoms with E-state index in [1.807, 2.05) is 0 Å². The van der Waals surface area contributed by atoms with E-state index < -0.39 is 0 Å². The maximum Gasteiger partial charge on any atom is -0.00151 e. The predicted octanol–water partition coefficient (Wildman–Crippen LogP) is 4.37. The van der Waals surface area contributed by atoms with Crippen LogP contribution in [0.4, 0.5) is 0 Å². The minimum absolute atomic E-state index is 1.03. The molecule has 1 N–H and O–H groups in total. The minimum atomic E-state index is 1.03. The van der Waals surface area contributed by atoms with Crippen molar-refractivity contribution >= 4 is 0 Å². The molecule has 0 aromatic rings. The summed E-state index contributed by atoms with van der Waals surface area (Å²) >= 11 is 0. The van der Waals surface area contributed by atoms with Crippen LogP contribution < -0.4 is 5.32 Å². The average Bonchev–Trinajstić information content (AvgIpc) is 2.81. The molecule has 0 spiro atoms. The summed E-state index contributed by atoms with van der Waals surface area (Å²) in [6.07, 6.45) is 16.7. The molecule has 0 amide bonds. The molecule has 18 heavy (non-hydrogen) atoms. The normalized spacial score (nSPS) is 36.7. The van der Waals surface area contributed by atoms with Gasteiger partial charge in [-0.25, -0.2) is 0 Å². The van der Waals surface area contributed by atoms with Gasteiger partial charge in [-0.15, -0.1) is 0 Å². The van der Waals surface area contributed by atoms with Crippen molar-refractivity contribution in [2.45, 2.75) is 70.6 Å². The van der Waals surface area contributed by atoms with Crippen molar-refractivity contribution in [2.75, 3.05) is 13.1 Å². The van der Waals surface area contributed by atoms with Crippen LogP contribution in [0.5, 0.6) is 0 Å². The second-order valence-corrected chi connectivity index (χ2v) is 7.12. The highest BCUT2D eigenvalue weighted by Gasteiger charge is 2.37. The molecule has 1 aliphatic heterocycles. The lowest BCUT2D eigenvalue weighted by atomic mass is 9.69. The number of piperidine rings is 1. The number of rotatable bonds is 2. The Morgan fingerprint density at radius 1 is 0.556 bits per heavy atom. The zero-order valence-electron chi connectivity index (χ0n) is 12.0. The molecule has 0 aromatic carbocycles. The van der Waals surface area contributed by atoms with Crippen LogP contribution in [0.2, 0.25) is 0 Å². The Kier molecular flexibility index (Phi) is 4.62. The fourth-order valence-corrected chi connectivity index (χ4v) is 5.13. The van der Waals surface area contributed by atoms with Crippen molar-refractivity contribution in [1.82, 2.24) is 5.32 Å². The molecule has 3 rings (SSSR count). The Balaban J connectivity index is 1.65. The van der Waals surface area contributed by atoms with Gasteiger partial charge in [0.05, 0.1) is 0 Å². The SMILES string of the molecule is C1CCCC(C2CCNCC2C2CCCC2)CC1. The van der Waals surface area contributed by atoms with E-state index in [2.05, 4.69) is 5.32 Å². The van der Waals surface area contributed by atoms with E-state index in [1.165, 1.54) is 70.9 Å². The zero-order chi connectivity index (χ0) is 12.2. The van der Waals surface area contributed by atoms with Gasteiger partial charge in [0.2, 0.25) is 0 Å². The Bertz CT molecular complexity index is 236. The standard InChI is InChI=1S/C17H31N/c1-2-4-8-14(7-3-1)16-11-12-18-13-17(16)15-9-5-6-10-15/h14-18H,1-13H2. The van der Waals surface area contributed by atoms with Crippen LogP contribution in [0.15, 0.2) is 0 Å². The van der Waals surface area contributed by atoms with Crippen molar-refractivity contribution in [3.05, 3.63) is 0 Å². The third-order valence-corrected chi connectivity index (χ3v) is 6.10. The van der Waals surface area contributed by atoms with E-state index in [0.29, 0.717) is 0 Å². The summed E-state index contributed by atoms with van der Waals surface area (Å²) in [6, 6.07) is 0. The Labute approximate surface area is 113 Å². The highest BCUT2D eigenvalue weighted by atomic mass is 14.9. The predicted molar refractivity (Wildman–Crippen MR) is 77.6 cm³/mol. The van der Waals surface area contributed by atoms with Crippen molar-refractivity contribution in [1.29, 1.82) is 0 Å². The molecule has 1 saturated heterocycles. The van der Waals surface area contributed by atoms with Gasteiger partial charge in [-0.1, -0.05) is 64.2 Å². The van der Waals surface area contributed by atoms with E-state index in [1.54, 1.807) is 12.8 Å². The first-order valence-corrected chi connectivity index (χ1v) is 8.66. The fourth-order valence-electron chi connectivity index (χ4n) is 5.13. The lowest BCUT2D eigenvalue weighted by Crippen LogP contribution is -2.42. The zero-order valence-corrected chi connectivity index (χ0v) is 12.0. The summed E-state index contributed by atoms with van der Waals surface area (Å²) < 4.78 is 0. The molecule has 2 unspecified atom stereocenters. The van der Waals surface area contributed by atoms with Gasteiger partial charge >= 0.3 is 0 Å². The minimum Gasteiger partial charge on any atom is -0.316 e. The molecule has 1 heterocycles. The summed E-state index contributed by atoms with van der Waals surface area (Å²) in [5.41, 5.74) is 0. The molecular weight excluding hydrogens is 218 g/mol. The van der Waals surface area contributed by atoms with Crippen molar-refractivity contribution in [3.8, 4) is 0 Å². The molecule has 1 heteroatoms. The van der Waals surface area contributed by atoms with Crippen LogP contribution in [0.3, 0.4) is 0 Å². The molecule has 0 aromatic heterocycles. The molecular formula is C17H31N. The fraction of sp³-hybridized carbons (Fsp3) is 1.00. The average molecular weight is 249 g/mol. The Morgan fingerprint density at radius 2 is 1.11 bits per heavy atom. The smallest absolute Gasteiger partial charge is 0.00151 e. The van der Waals surface area contributed by atoms with Crippen LogP contribution in [0.1, 0.15) is 70.6 Å². The Morgan fingerprint density at radius 3 is 1.78 bits per heavy atom. The summed E-state index contributed by atoms with van der Waals surface area (Å²) in [7, 11) is 0. The van der Waals surface area contributed by atoms with Crippen molar-refractivity contribution < 1.29 is 0 Å². The monoisotopic (exact) mass is 249 g/mol. The molecule has 0 radical (unpaired) electrons. The lowest BCUT2D eigenvalue weighted by Gasteiger charge is -2.40. The Hall–Kier alpha value is -0.0400. The van der Waals surface area contributed by atoms with Crippen LogP contribution >= 0.6 is 0 Å². The van der Waals surface area contributed by atoms with E-state index in [0.717, 1.165) is 23.7 Å². The third-order valence-electron chi connectivity index (χ3n) is 6.10. The molecule has 2 aliphatic carbocycles. The van der Waals surface area contributed by atoms with Crippen molar-refractivity contribution in [3.63, 3.8) is 0 Å². The maximum atomic E-state index is 3.70.